The van der Waals surface area contributed by atoms with Gasteiger partial charge >= 0.3 is 0 Å². The van der Waals surface area contributed by atoms with Crippen LogP contribution in [0.3, 0.4) is 0 Å². The second-order valence-corrected chi connectivity index (χ2v) is 3.48. The molecule has 0 aliphatic carbocycles. The number of anilines is 1. The van der Waals surface area contributed by atoms with Crippen LogP contribution in [0.2, 0.25) is 0 Å². The summed E-state index contributed by atoms with van der Waals surface area (Å²) >= 11 is 0. The zero-order chi connectivity index (χ0) is 10.7. The molecule has 14 heavy (non-hydrogen) atoms. The van der Waals surface area contributed by atoms with Gasteiger partial charge in [-0.3, -0.25) is 4.98 Å². The maximum absolute atomic E-state index is 4.58. The number of hydrogen-bond acceptors (Lipinski definition) is 3. The molecule has 1 rings (SSSR count). The highest BCUT2D eigenvalue weighted by Crippen LogP contribution is 2.16. The van der Waals surface area contributed by atoms with E-state index in [0.717, 1.165) is 36.0 Å². The number of aromatic nitrogens is 2. The van der Waals surface area contributed by atoms with Crippen LogP contribution < -0.4 is 4.90 Å². The molecule has 0 fully saturated rings. The molecule has 0 unspecified atom stereocenters. The van der Waals surface area contributed by atoms with Crippen LogP contribution in [0.5, 0.6) is 0 Å². The van der Waals surface area contributed by atoms with Crippen LogP contribution in [0.15, 0.2) is 0 Å². The van der Waals surface area contributed by atoms with E-state index in [1.807, 2.05) is 20.8 Å². The van der Waals surface area contributed by atoms with Crippen molar-refractivity contribution in [2.45, 2.75) is 34.6 Å². The van der Waals surface area contributed by atoms with Crippen molar-refractivity contribution >= 4 is 5.82 Å². The molecule has 3 heteroatoms. The van der Waals surface area contributed by atoms with E-state index in [1.165, 1.54) is 0 Å². The molecular formula is C11H19N3. The van der Waals surface area contributed by atoms with Gasteiger partial charge in [-0.15, -0.1) is 0 Å². The highest BCUT2D eigenvalue weighted by molar-refractivity contribution is 5.43. The Morgan fingerprint density at radius 1 is 0.857 bits per heavy atom. The molecule has 0 aliphatic heterocycles. The Morgan fingerprint density at radius 3 is 1.86 bits per heavy atom. The normalized spacial score (nSPS) is 10.4. The van der Waals surface area contributed by atoms with E-state index >= 15 is 0 Å². The molecule has 1 aromatic rings. The SMILES string of the molecule is CCN(CC)c1nc(C)c(C)nc1C. The van der Waals surface area contributed by atoms with E-state index in [4.69, 9.17) is 0 Å². The molecule has 0 saturated heterocycles. The molecule has 3 nitrogen and oxygen atoms in total. The first-order chi connectivity index (χ1) is 6.60. The van der Waals surface area contributed by atoms with Crippen molar-refractivity contribution in [3.05, 3.63) is 17.1 Å². The molecule has 0 amide bonds. The molecule has 0 radical (unpaired) electrons. The lowest BCUT2D eigenvalue weighted by molar-refractivity contribution is 0.820. The zero-order valence-electron chi connectivity index (χ0n) is 9.76. The zero-order valence-corrected chi connectivity index (χ0v) is 9.76. The summed E-state index contributed by atoms with van der Waals surface area (Å²) in [5.41, 5.74) is 3.08. The smallest absolute Gasteiger partial charge is 0.150 e. The number of nitrogens with zero attached hydrogens (tertiary/aromatic N) is 3. The lowest BCUT2D eigenvalue weighted by atomic mass is 10.3. The highest BCUT2D eigenvalue weighted by atomic mass is 15.2. The van der Waals surface area contributed by atoms with Crippen molar-refractivity contribution in [3.63, 3.8) is 0 Å². The summed E-state index contributed by atoms with van der Waals surface area (Å²) in [4.78, 5) is 11.3. The Hall–Kier alpha value is -1.12. The van der Waals surface area contributed by atoms with Crippen LogP contribution >= 0.6 is 0 Å². The lowest BCUT2D eigenvalue weighted by Gasteiger charge is -2.21. The predicted octanol–water partition coefficient (Wildman–Crippen LogP) is 2.25. The lowest BCUT2D eigenvalue weighted by Crippen LogP contribution is -2.24. The molecule has 0 saturated carbocycles. The molecule has 0 aromatic carbocycles. The third-order valence-corrected chi connectivity index (χ3v) is 2.52. The molecule has 0 atom stereocenters. The van der Waals surface area contributed by atoms with Crippen LogP contribution in [0, 0.1) is 20.8 Å². The minimum atomic E-state index is 0.981. The minimum Gasteiger partial charge on any atom is -0.356 e. The van der Waals surface area contributed by atoms with E-state index < -0.39 is 0 Å². The summed E-state index contributed by atoms with van der Waals surface area (Å²) in [6.45, 7) is 12.3. The summed E-state index contributed by atoms with van der Waals surface area (Å²) in [5, 5.41) is 0. The molecule has 0 N–H and O–H groups in total. The number of hydrogen-bond donors (Lipinski definition) is 0. The van der Waals surface area contributed by atoms with Gasteiger partial charge in [0.1, 0.15) is 5.82 Å². The summed E-state index contributed by atoms with van der Waals surface area (Å²) in [7, 11) is 0. The summed E-state index contributed by atoms with van der Waals surface area (Å²) < 4.78 is 0. The Morgan fingerprint density at radius 2 is 1.36 bits per heavy atom. The second-order valence-electron chi connectivity index (χ2n) is 3.48. The van der Waals surface area contributed by atoms with Crippen molar-refractivity contribution in [2.75, 3.05) is 18.0 Å². The van der Waals surface area contributed by atoms with Gasteiger partial charge in [-0.25, -0.2) is 4.98 Å². The maximum atomic E-state index is 4.58. The summed E-state index contributed by atoms with van der Waals surface area (Å²) in [5.74, 6) is 1.03. The average molecular weight is 193 g/mol. The predicted molar refractivity (Wildman–Crippen MR) is 59.8 cm³/mol. The van der Waals surface area contributed by atoms with E-state index in [2.05, 4.69) is 28.7 Å². The molecular weight excluding hydrogens is 174 g/mol. The topological polar surface area (TPSA) is 29.0 Å². The minimum absolute atomic E-state index is 0.981. The van der Waals surface area contributed by atoms with Gasteiger partial charge in [-0.2, -0.15) is 0 Å². The number of aryl methyl sites for hydroxylation is 3. The van der Waals surface area contributed by atoms with E-state index in [0.29, 0.717) is 0 Å². The third-order valence-electron chi connectivity index (χ3n) is 2.52. The maximum Gasteiger partial charge on any atom is 0.150 e. The fraction of sp³-hybridized carbons (Fsp3) is 0.636. The number of rotatable bonds is 3. The fourth-order valence-electron chi connectivity index (χ4n) is 1.53. The Balaban J connectivity index is 3.14. The van der Waals surface area contributed by atoms with Crippen molar-refractivity contribution in [1.82, 2.24) is 9.97 Å². The first-order valence-electron chi connectivity index (χ1n) is 5.16. The van der Waals surface area contributed by atoms with Crippen LogP contribution in [-0.2, 0) is 0 Å². The van der Waals surface area contributed by atoms with Crippen LogP contribution in [0.1, 0.15) is 30.9 Å². The first-order valence-corrected chi connectivity index (χ1v) is 5.16. The average Bonchev–Trinajstić information content (AvgIpc) is 2.15. The first kappa shape index (κ1) is 11.0. The molecule has 0 bridgehead atoms. The van der Waals surface area contributed by atoms with Crippen molar-refractivity contribution < 1.29 is 0 Å². The van der Waals surface area contributed by atoms with Gasteiger partial charge in [0.15, 0.2) is 0 Å². The quantitative estimate of drug-likeness (QED) is 0.737. The van der Waals surface area contributed by atoms with Gasteiger partial charge in [0.25, 0.3) is 0 Å². The summed E-state index contributed by atoms with van der Waals surface area (Å²) in [6.07, 6.45) is 0. The van der Waals surface area contributed by atoms with E-state index in [1.54, 1.807) is 0 Å². The monoisotopic (exact) mass is 193 g/mol. The standard InChI is InChI=1S/C11H19N3/c1-6-14(7-2)11-10(5)12-8(3)9(4)13-11/h6-7H2,1-5H3. The fourth-order valence-corrected chi connectivity index (χ4v) is 1.53. The van der Waals surface area contributed by atoms with Crippen molar-refractivity contribution in [3.8, 4) is 0 Å². The highest BCUT2D eigenvalue weighted by Gasteiger charge is 2.09. The third kappa shape index (κ3) is 2.03. The molecule has 1 heterocycles. The molecule has 0 spiro atoms. The van der Waals surface area contributed by atoms with Gasteiger partial charge in [0.2, 0.25) is 0 Å². The second kappa shape index (κ2) is 4.40. The summed E-state index contributed by atoms with van der Waals surface area (Å²) in [6, 6.07) is 0. The van der Waals surface area contributed by atoms with Gasteiger partial charge < -0.3 is 4.90 Å². The molecule has 1 aromatic heterocycles. The Bertz CT molecular complexity index is 317. The van der Waals surface area contributed by atoms with Gasteiger partial charge in [-0.1, -0.05) is 0 Å². The largest absolute Gasteiger partial charge is 0.356 e. The van der Waals surface area contributed by atoms with E-state index in [-0.39, 0.29) is 0 Å². The van der Waals surface area contributed by atoms with Crippen molar-refractivity contribution in [2.24, 2.45) is 0 Å². The molecule has 78 valence electrons. The van der Waals surface area contributed by atoms with Crippen molar-refractivity contribution in [1.29, 1.82) is 0 Å². The Labute approximate surface area is 86.2 Å². The van der Waals surface area contributed by atoms with Gasteiger partial charge in [0, 0.05) is 13.1 Å². The molecule has 0 aliphatic rings. The van der Waals surface area contributed by atoms with Gasteiger partial charge in [-0.05, 0) is 34.6 Å². The van der Waals surface area contributed by atoms with Crippen LogP contribution in [-0.4, -0.2) is 23.1 Å². The van der Waals surface area contributed by atoms with Gasteiger partial charge in [0.05, 0.1) is 17.1 Å². The van der Waals surface area contributed by atoms with Crippen LogP contribution in [0.25, 0.3) is 0 Å². The van der Waals surface area contributed by atoms with Crippen LogP contribution in [0.4, 0.5) is 5.82 Å². The van der Waals surface area contributed by atoms with E-state index in [9.17, 15) is 0 Å². The Kier molecular flexibility index (Phi) is 3.44.